The second-order valence-electron chi connectivity index (χ2n) is 4.74. The van der Waals surface area contributed by atoms with Gasteiger partial charge in [-0.25, -0.2) is 0 Å². The summed E-state index contributed by atoms with van der Waals surface area (Å²) in [5, 5.41) is 2.95. The van der Waals surface area contributed by atoms with Crippen LogP contribution in [0.1, 0.15) is 42.6 Å². The minimum atomic E-state index is 0.0246. The number of aryl methyl sites for hydroxylation is 1. The number of carbonyl (C=O) groups excluding carboxylic acids is 1. The summed E-state index contributed by atoms with van der Waals surface area (Å²) in [6, 6.07) is 7.78. The SMILES string of the molecule is [CH2]CCc1cccc(C(=O)NCCC(C)C)c1. The molecule has 0 bridgehead atoms. The molecule has 0 aliphatic rings. The van der Waals surface area contributed by atoms with Crippen molar-refractivity contribution >= 4 is 5.91 Å². The largest absolute Gasteiger partial charge is 0.352 e. The van der Waals surface area contributed by atoms with Crippen LogP contribution in [0.25, 0.3) is 0 Å². The van der Waals surface area contributed by atoms with Crippen molar-refractivity contribution in [1.29, 1.82) is 0 Å². The van der Waals surface area contributed by atoms with Crippen molar-refractivity contribution in [3.05, 3.63) is 42.3 Å². The summed E-state index contributed by atoms with van der Waals surface area (Å²) in [7, 11) is 0. The number of hydrogen-bond donors (Lipinski definition) is 1. The van der Waals surface area contributed by atoms with Gasteiger partial charge in [-0.05, 0) is 42.9 Å². The number of rotatable bonds is 6. The zero-order chi connectivity index (χ0) is 12.7. The molecular formula is C15H22NO. The highest BCUT2D eigenvalue weighted by Gasteiger charge is 2.05. The van der Waals surface area contributed by atoms with E-state index in [0.717, 1.165) is 31.4 Å². The van der Waals surface area contributed by atoms with Crippen molar-refractivity contribution in [2.75, 3.05) is 6.54 Å². The van der Waals surface area contributed by atoms with Crippen LogP contribution in [0, 0.1) is 12.8 Å². The summed E-state index contributed by atoms with van der Waals surface area (Å²) < 4.78 is 0. The fourth-order valence-corrected chi connectivity index (χ4v) is 1.65. The predicted molar refractivity (Wildman–Crippen MR) is 71.9 cm³/mol. The Labute approximate surface area is 104 Å². The van der Waals surface area contributed by atoms with Gasteiger partial charge in [-0.3, -0.25) is 4.79 Å². The van der Waals surface area contributed by atoms with Crippen molar-refractivity contribution in [3.8, 4) is 0 Å². The van der Waals surface area contributed by atoms with Crippen molar-refractivity contribution in [2.24, 2.45) is 5.92 Å². The van der Waals surface area contributed by atoms with Gasteiger partial charge in [-0.15, -0.1) is 0 Å². The number of hydrogen-bond acceptors (Lipinski definition) is 1. The quantitative estimate of drug-likeness (QED) is 0.801. The van der Waals surface area contributed by atoms with Crippen LogP contribution in [0.2, 0.25) is 0 Å². The van der Waals surface area contributed by atoms with Gasteiger partial charge in [0, 0.05) is 12.1 Å². The molecule has 1 aromatic rings. The molecule has 0 spiro atoms. The molecule has 1 aromatic carbocycles. The molecule has 0 aliphatic carbocycles. The zero-order valence-electron chi connectivity index (χ0n) is 10.8. The van der Waals surface area contributed by atoms with Gasteiger partial charge in [0.05, 0.1) is 0 Å². The molecule has 1 amide bonds. The third-order valence-electron chi connectivity index (χ3n) is 2.66. The van der Waals surface area contributed by atoms with Gasteiger partial charge >= 0.3 is 0 Å². The standard InChI is InChI=1S/C15H22NO/c1-4-6-13-7-5-8-14(11-13)15(17)16-10-9-12(2)3/h5,7-8,11-12H,1,4,6,9-10H2,2-3H3,(H,16,17). The smallest absolute Gasteiger partial charge is 0.251 e. The molecule has 0 aromatic heterocycles. The van der Waals surface area contributed by atoms with E-state index in [0.29, 0.717) is 5.92 Å². The average Bonchev–Trinajstić information content (AvgIpc) is 2.29. The topological polar surface area (TPSA) is 29.1 Å². The van der Waals surface area contributed by atoms with Crippen molar-refractivity contribution < 1.29 is 4.79 Å². The Morgan fingerprint density at radius 3 is 2.82 bits per heavy atom. The Hall–Kier alpha value is -1.31. The summed E-state index contributed by atoms with van der Waals surface area (Å²) >= 11 is 0. The van der Waals surface area contributed by atoms with Crippen LogP contribution in [0.5, 0.6) is 0 Å². The predicted octanol–water partition coefficient (Wildman–Crippen LogP) is 3.23. The van der Waals surface area contributed by atoms with Crippen LogP contribution < -0.4 is 5.32 Å². The number of nitrogens with one attached hydrogen (secondary N) is 1. The fraction of sp³-hybridized carbons (Fsp3) is 0.467. The molecule has 0 aliphatic heterocycles. The highest BCUT2D eigenvalue weighted by molar-refractivity contribution is 5.94. The molecule has 1 rings (SSSR count). The zero-order valence-corrected chi connectivity index (χ0v) is 10.8. The maximum atomic E-state index is 11.9. The molecule has 2 nitrogen and oxygen atoms in total. The maximum Gasteiger partial charge on any atom is 0.251 e. The van der Waals surface area contributed by atoms with Gasteiger partial charge in [-0.2, -0.15) is 0 Å². The Bertz CT molecular complexity index is 358. The molecular weight excluding hydrogens is 210 g/mol. The van der Waals surface area contributed by atoms with Crippen LogP contribution in [0.3, 0.4) is 0 Å². The van der Waals surface area contributed by atoms with E-state index in [1.54, 1.807) is 0 Å². The lowest BCUT2D eigenvalue weighted by atomic mass is 10.1. The average molecular weight is 232 g/mol. The van der Waals surface area contributed by atoms with E-state index in [9.17, 15) is 4.79 Å². The first-order chi connectivity index (χ1) is 8.13. The van der Waals surface area contributed by atoms with Crippen molar-refractivity contribution in [3.63, 3.8) is 0 Å². The summed E-state index contributed by atoms with van der Waals surface area (Å²) in [5.41, 5.74) is 1.93. The van der Waals surface area contributed by atoms with Crippen molar-refractivity contribution in [1.82, 2.24) is 5.32 Å². The Morgan fingerprint density at radius 1 is 1.41 bits per heavy atom. The van der Waals surface area contributed by atoms with Crippen LogP contribution >= 0.6 is 0 Å². The lowest BCUT2D eigenvalue weighted by Crippen LogP contribution is -2.25. The van der Waals surface area contributed by atoms with Gasteiger partial charge in [0.25, 0.3) is 5.91 Å². The van der Waals surface area contributed by atoms with Crippen LogP contribution in [-0.2, 0) is 6.42 Å². The molecule has 0 atom stereocenters. The second kappa shape index (κ2) is 7.10. The first-order valence-electron chi connectivity index (χ1n) is 6.30. The van der Waals surface area contributed by atoms with Crippen LogP contribution in [0.15, 0.2) is 24.3 Å². The molecule has 0 unspecified atom stereocenters. The highest BCUT2D eigenvalue weighted by Crippen LogP contribution is 2.07. The fourth-order valence-electron chi connectivity index (χ4n) is 1.65. The molecule has 0 saturated carbocycles. The van der Waals surface area contributed by atoms with E-state index in [2.05, 4.69) is 26.1 Å². The third kappa shape index (κ3) is 5.03. The molecule has 0 heterocycles. The lowest BCUT2D eigenvalue weighted by molar-refractivity contribution is 0.0952. The van der Waals surface area contributed by atoms with Gasteiger partial charge in [0.15, 0.2) is 0 Å². The molecule has 1 N–H and O–H groups in total. The molecule has 1 radical (unpaired) electrons. The summed E-state index contributed by atoms with van der Waals surface area (Å²) in [6.07, 6.45) is 2.80. The Balaban J connectivity index is 2.53. The van der Waals surface area contributed by atoms with Gasteiger partial charge in [-0.1, -0.05) is 32.9 Å². The summed E-state index contributed by atoms with van der Waals surface area (Å²) in [5.74, 6) is 0.643. The minimum Gasteiger partial charge on any atom is -0.352 e. The van der Waals surface area contributed by atoms with E-state index in [4.69, 9.17) is 0 Å². The Morgan fingerprint density at radius 2 is 2.18 bits per heavy atom. The number of amides is 1. The second-order valence-corrected chi connectivity index (χ2v) is 4.74. The summed E-state index contributed by atoms with van der Waals surface area (Å²) in [4.78, 5) is 11.9. The van der Waals surface area contributed by atoms with Crippen LogP contribution in [0.4, 0.5) is 0 Å². The van der Waals surface area contributed by atoms with Crippen molar-refractivity contribution in [2.45, 2.75) is 33.1 Å². The normalized spacial score (nSPS) is 10.6. The van der Waals surface area contributed by atoms with Gasteiger partial charge in [0.1, 0.15) is 0 Å². The highest BCUT2D eigenvalue weighted by atomic mass is 16.1. The summed E-state index contributed by atoms with van der Waals surface area (Å²) in [6.45, 7) is 8.88. The molecule has 0 saturated heterocycles. The minimum absolute atomic E-state index is 0.0246. The first kappa shape index (κ1) is 13.8. The van der Waals surface area contributed by atoms with E-state index in [1.807, 2.05) is 24.3 Å². The van der Waals surface area contributed by atoms with Gasteiger partial charge in [0.2, 0.25) is 0 Å². The lowest BCUT2D eigenvalue weighted by Gasteiger charge is -2.08. The van der Waals surface area contributed by atoms with E-state index >= 15 is 0 Å². The van der Waals surface area contributed by atoms with E-state index in [-0.39, 0.29) is 5.91 Å². The maximum absolute atomic E-state index is 11.9. The monoisotopic (exact) mass is 232 g/mol. The molecule has 17 heavy (non-hydrogen) atoms. The van der Waals surface area contributed by atoms with Gasteiger partial charge < -0.3 is 5.32 Å². The molecule has 93 valence electrons. The Kier molecular flexibility index (Phi) is 5.75. The number of carbonyl (C=O) groups is 1. The van der Waals surface area contributed by atoms with Crippen LogP contribution in [-0.4, -0.2) is 12.5 Å². The first-order valence-corrected chi connectivity index (χ1v) is 6.30. The third-order valence-corrected chi connectivity index (χ3v) is 2.66. The molecule has 2 heteroatoms. The molecule has 0 fully saturated rings. The van der Waals surface area contributed by atoms with E-state index in [1.165, 1.54) is 5.56 Å². The van der Waals surface area contributed by atoms with E-state index < -0.39 is 0 Å². The number of benzene rings is 1.